The number of rotatable bonds is 3. The van der Waals surface area contributed by atoms with E-state index in [0.717, 1.165) is 6.07 Å². The summed E-state index contributed by atoms with van der Waals surface area (Å²) in [6.07, 6.45) is -2.79. The summed E-state index contributed by atoms with van der Waals surface area (Å²) in [4.78, 5) is 25.2. The van der Waals surface area contributed by atoms with Gasteiger partial charge in [0.2, 0.25) is 5.56 Å². The van der Waals surface area contributed by atoms with Crippen LogP contribution in [0.3, 0.4) is 0 Å². The second-order valence-corrected chi connectivity index (χ2v) is 3.87. The molecule has 0 unspecified atom stereocenters. The number of H-pyrrole nitrogens is 1. The molecule has 4 nitrogen and oxygen atoms in total. The number of ether oxygens (including phenoxy) is 1. The largest absolute Gasteiger partial charge is 0.462 e. The lowest BCUT2D eigenvalue weighted by atomic mass is 10.1. The highest BCUT2D eigenvalue weighted by Gasteiger charge is 2.15. The Balaban J connectivity index is 2.64. The molecule has 0 radical (unpaired) electrons. The Hall–Kier alpha value is -2.24. The van der Waals surface area contributed by atoms with Gasteiger partial charge in [-0.15, -0.1) is 0 Å². The predicted octanol–water partition coefficient (Wildman–Crippen LogP) is 2.64. The molecule has 1 aromatic heterocycles. The molecule has 100 valence electrons. The zero-order valence-electron chi connectivity index (χ0n) is 10.1. The maximum atomic E-state index is 12.9. The van der Waals surface area contributed by atoms with Gasteiger partial charge < -0.3 is 9.72 Å². The minimum Gasteiger partial charge on any atom is -0.462 e. The van der Waals surface area contributed by atoms with Crippen molar-refractivity contribution in [3.05, 3.63) is 45.7 Å². The molecule has 1 heterocycles. The van der Waals surface area contributed by atoms with E-state index in [1.54, 1.807) is 6.92 Å². The predicted molar refractivity (Wildman–Crippen MR) is 65.5 cm³/mol. The van der Waals surface area contributed by atoms with E-state index < -0.39 is 23.5 Å². The van der Waals surface area contributed by atoms with Crippen LogP contribution in [0.15, 0.2) is 29.1 Å². The second kappa shape index (κ2) is 5.17. The van der Waals surface area contributed by atoms with E-state index in [1.807, 2.05) is 0 Å². The fourth-order valence-corrected chi connectivity index (χ4v) is 1.80. The van der Waals surface area contributed by atoms with E-state index in [9.17, 15) is 18.4 Å². The Morgan fingerprint density at radius 3 is 2.74 bits per heavy atom. The number of fused-ring (bicyclic) bond motifs is 1. The number of alkyl halides is 2. The summed E-state index contributed by atoms with van der Waals surface area (Å²) >= 11 is 0. The van der Waals surface area contributed by atoms with Gasteiger partial charge in [0.1, 0.15) is 0 Å². The average Bonchev–Trinajstić information content (AvgIpc) is 2.37. The Morgan fingerprint density at radius 1 is 1.37 bits per heavy atom. The molecule has 0 atom stereocenters. The number of pyridine rings is 1. The third-order valence-electron chi connectivity index (χ3n) is 2.62. The third-order valence-corrected chi connectivity index (χ3v) is 2.62. The van der Waals surface area contributed by atoms with Crippen molar-refractivity contribution < 1.29 is 18.3 Å². The molecule has 0 bridgehead atoms. The van der Waals surface area contributed by atoms with Crippen molar-refractivity contribution in [3.8, 4) is 0 Å². The summed E-state index contributed by atoms with van der Waals surface area (Å²) < 4.78 is 30.6. The quantitative estimate of drug-likeness (QED) is 0.870. The van der Waals surface area contributed by atoms with Crippen LogP contribution in [0.5, 0.6) is 0 Å². The molecular formula is C13H11F2NO3. The number of esters is 1. The van der Waals surface area contributed by atoms with Gasteiger partial charge >= 0.3 is 5.97 Å². The van der Waals surface area contributed by atoms with Gasteiger partial charge in [-0.3, -0.25) is 4.79 Å². The second-order valence-electron chi connectivity index (χ2n) is 3.87. The Kier molecular flexibility index (Phi) is 3.59. The average molecular weight is 267 g/mol. The highest BCUT2D eigenvalue weighted by molar-refractivity contribution is 5.95. The molecule has 6 heteroatoms. The van der Waals surface area contributed by atoms with Gasteiger partial charge in [0.05, 0.1) is 12.2 Å². The highest BCUT2D eigenvalue weighted by atomic mass is 19.3. The van der Waals surface area contributed by atoms with Gasteiger partial charge in [-0.25, -0.2) is 13.6 Å². The van der Waals surface area contributed by atoms with Crippen molar-refractivity contribution in [3.63, 3.8) is 0 Å². The monoisotopic (exact) mass is 267 g/mol. The normalized spacial score (nSPS) is 10.9. The molecule has 0 saturated heterocycles. The number of hydrogen-bond acceptors (Lipinski definition) is 3. The molecule has 2 aromatic rings. The van der Waals surface area contributed by atoms with E-state index in [0.29, 0.717) is 0 Å². The fourth-order valence-electron chi connectivity index (χ4n) is 1.80. The zero-order chi connectivity index (χ0) is 14.0. The molecule has 0 amide bonds. The lowest BCUT2D eigenvalue weighted by molar-refractivity contribution is 0.0526. The number of carbonyl (C=O) groups is 1. The van der Waals surface area contributed by atoms with Gasteiger partial charge in [-0.2, -0.15) is 0 Å². The fraction of sp³-hybridized carbons (Fsp3) is 0.231. The van der Waals surface area contributed by atoms with Crippen LogP contribution in [0.4, 0.5) is 8.78 Å². The van der Waals surface area contributed by atoms with Crippen LogP contribution in [0.2, 0.25) is 0 Å². The van der Waals surface area contributed by atoms with Crippen LogP contribution >= 0.6 is 0 Å². The summed E-state index contributed by atoms with van der Waals surface area (Å²) in [5.41, 5.74) is -0.573. The topological polar surface area (TPSA) is 59.2 Å². The van der Waals surface area contributed by atoms with E-state index in [4.69, 9.17) is 4.74 Å². The van der Waals surface area contributed by atoms with E-state index in [-0.39, 0.29) is 23.1 Å². The van der Waals surface area contributed by atoms with Crippen LogP contribution < -0.4 is 5.56 Å². The zero-order valence-corrected chi connectivity index (χ0v) is 10.1. The van der Waals surface area contributed by atoms with E-state index >= 15 is 0 Å². The summed E-state index contributed by atoms with van der Waals surface area (Å²) in [7, 11) is 0. The van der Waals surface area contributed by atoms with Gasteiger partial charge in [0, 0.05) is 22.5 Å². The lowest BCUT2D eigenvalue weighted by Gasteiger charge is -2.07. The summed E-state index contributed by atoms with van der Waals surface area (Å²) in [5.74, 6) is -0.587. The van der Waals surface area contributed by atoms with Gasteiger partial charge in [-0.1, -0.05) is 0 Å². The van der Waals surface area contributed by atoms with Crippen LogP contribution in [0, 0.1) is 0 Å². The number of benzene rings is 1. The summed E-state index contributed by atoms with van der Waals surface area (Å²) in [5, 5.41) is 0.139. The van der Waals surface area contributed by atoms with Crippen LogP contribution in [0.25, 0.3) is 10.9 Å². The molecule has 1 aromatic carbocycles. The number of aromatic amines is 1. The molecule has 0 fully saturated rings. The first kappa shape index (κ1) is 13.2. The number of carbonyl (C=O) groups excluding carboxylic acids is 1. The Morgan fingerprint density at radius 2 is 2.11 bits per heavy atom. The van der Waals surface area contributed by atoms with Crippen LogP contribution in [0.1, 0.15) is 29.3 Å². The maximum Gasteiger partial charge on any atom is 0.338 e. The first-order valence-electron chi connectivity index (χ1n) is 5.65. The highest BCUT2D eigenvalue weighted by Crippen LogP contribution is 2.26. The number of hydrogen-bond donors (Lipinski definition) is 1. The minimum absolute atomic E-state index is 0.139. The van der Waals surface area contributed by atoms with Crippen molar-refractivity contribution >= 4 is 16.9 Å². The number of aromatic nitrogens is 1. The summed E-state index contributed by atoms with van der Waals surface area (Å²) in [6, 6.07) is 4.97. The van der Waals surface area contributed by atoms with Crippen molar-refractivity contribution in [2.24, 2.45) is 0 Å². The number of nitrogens with one attached hydrogen (secondary N) is 1. The smallest absolute Gasteiger partial charge is 0.338 e. The van der Waals surface area contributed by atoms with Crippen LogP contribution in [-0.2, 0) is 4.74 Å². The molecule has 1 N–H and O–H groups in total. The molecule has 0 aliphatic heterocycles. The number of halogens is 2. The van der Waals surface area contributed by atoms with Crippen molar-refractivity contribution in [1.29, 1.82) is 0 Å². The minimum atomic E-state index is -2.79. The first-order valence-corrected chi connectivity index (χ1v) is 5.65. The molecular weight excluding hydrogens is 256 g/mol. The first-order chi connectivity index (χ1) is 9.02. The van der Waals surface area contributed by atoms with Gasteiger partial charge in [-0.05, 0) is 25.1 Å². The molecule has 0 spiro atoms. The van der Waals surface area contributed by atoms with E-state index in [1.165, 1.54) is 18.2 Å². The molecule has 0 aliphatic carbocycles. The third kappa shape index (κ3) is 2.62. The van der Waals surface area contributed by atoms with Crippen molar-refractivity contribution in [2.75, 3.05) is 6.61 Å². The summed E-state index contributed by atoms with van der Waals surface area (Å²) in [6.45, 7) is 1.85. The Labute approximate surface area is 107 Å². The SMILES string of the molecule is CCOC(=O)c1ccc2[nH]c(=O)cc(C(F)F)c2c1. The van der Waals surface area contributed by atoms with E-state index in [2.05, 4.69) is 4.98 Å². The Bertz CT molecular complexity index is 679. The standard InChI is InChI=1S/C13H11F2NO3/c1-2-19-13(18)7-3-4-10-8(5-7)9(12(14)15)6-11(17)16-10/h3-6,12H,2H2,1H3,(H,16,17). The van der Waals surface area contributed by atoms with Crippen molar-refractivity contribution in [2.45, 2.75) is 13.3 Å². The van der Waals surface area contributed by atoms with Gasteiger partial charge in [0.25, 0.3) is 6.43 Å². The molecule has 0 aliphatic rings. The molecule has 19 heavy (non-hydrogen) atoms. The lowest BCUT2D eigenvalue weighted by Crippen LogP contribution is -2.09. The van der Waals surface area contributed by atoms with Crippen LogP contribution in [-0.4, -0.2) is 17.6 Å². The maximum absolute atomic E-state index is 12.9. The van der Waals surface area contributed by atoms with Crippen molar-refractivity contribution in [1.82, 2.24) is 4.98 Å². The molecule has 0 saturated carbocycles. The molecule has 2 rings (SSSR count). The van der Waals surface area contributed by atoms with Gasteiger partial charge in [0.15, 0.2) is 0 Å².